The van der Waals surface area contributed by atoms with Gasteiger partial charge in [0, 0.05) is 6.61 Å². The smallest absolute Gasteiger partial charge is 0.108 e. The highest BCUT2D eigenvalue weighted by Crippen LogP contribution is 2.13. The van der Waals surface area contributed by atoms with Gasteiger partial charge in [0.25, 0.3) is 0 Å². The zero-order valence-corrected chi connectivity index (χ0v) is 8.54. The maximum absolute atomic E-state index is 9.41. The Kier molecular flexibility index (Phi) is 6.22. The predicted octanol–water partition coefficient (Wildman–Crippen LogP) is -1.53. The summed E-state index contributed by atoms with van der Waals surface area (Å²) in [6.07, 6.45) is -5.15. The molecule has 1 unspecified atom stereocenters. The maximum atomic E-state index is 9.41. The molecule has 0 aliphatic carbocycles. The first-order valence-electron chi connectivity index (χ1n) is 4.75. The van der Waals surface area contributed by atoms with Crippen molar-refractivity contribution in [2.45, 2.75) is 44.7 Å². The molecular formula is C9H20O5. The molecule has 0 saturated carbocycles. The summed E-state index contributed by atoms with van der Waals surface area (Å²) < 4.78 is 0. The number of hydrogen-bond donors (Lipinski definition) is 5. The summed E-state index contributed by atoms with van der Waals surface area (Å²) in [5.74, 6) is -0.207. The van der Waals surface area contributed by atoms with Crippen LogP contribution in [-0.2, 0) is 0 Å². The van der Waals surface area contributed by atoms with Gasteiger partial charge in [0.15, 0.2) is 0 Å². The number of aliphatic hydroxyl groups excluding tert-OH is 5. The Bertz CT molecular complexity index is 150. The Morgan fingerprint density at radius 2 is 1.36 bits per heavy atom. The molecular weight excluding hydrogens is 188 g/mol. The molecule has 5 nitrogen and oxygen atoms in total. The minimum Gasteiger partial charge on any atom is -0.396 e. The Balaban J connectivity index is 4.15. The van der Waals surface area contributed by atoms with Crippen LogP contribution in [0.15, 0.2) is 0 Å². The lowest BCUT2D eigenvalue weighted by Crippen LogP contribution is -2.46. The highest BCUT2D eigenvalue weighted by Gasteiger charge is 2.31. The zero-order valence-electron chi connectivity index (χ0n) is 8.54. The first kappa shape index (κ1) is 13.8. The van der Waals surface area contributed by atoms with Gasteiger partial charge in [0.1, 0.15) is 12.2 Å². The predicted molar refractivity (Wildman–Crippen MR) is 50.6 cm³/mol. The third kappa shape index (κ3) is 3.89. The fraction of sp³-hybridized carbons (Fsp3) is 1.00. The van der Waals surface area contributed by atoms with Crippen LogP contribution >= 0.6 is 0 Å². The van der Waals surface area contributed by atoms with E-state index in [0.29, 0.717) is 0 Å². The molecule has 0 bridgehead atoms. The Labute approximate surface area is 83.6 Å². The molecule has 0 fully saturated rings. The molecule has 0 aliphatic heterocycles. The van der Waals surface area contributed by atoms with Crippen LogP contribution in [0.4, 0.5) is 0 Å². The molecule has 0 aliphatic rings. The molecule has 0 saturated heterocycles. The minimum atomic E-state index is -1.43. The van der Waals surface area contributed by atoms with Crippen LogP contribution in [-0.4, -0.2) is 56.6 Å². The first-order chi connectivity index (χ1) is 6.41. The Hall–Kier alpha value is -0.200. The summed E-state index contributed by atoms with van der Waals surface area (Å²) in [5, 5.41) is 45.9. The summed E-state index contributed by atoms with van der Waals surface area (Å²) in [5.41, 5.74) is 0. The third-order valence-corrected chi connectivity index (χ3v) is 2.20. The lowest BCUT2D eigenvalue weighted by Gasteiger charge is -2.28. The van der Waals surface area contributed by atoms with Gasteiger partial charge in [-0.1, -0.05) is 13.8 Å². The summed E-state index contributed by atoms with van der Waals surface area (Å²) in [4.78, 5) is 0. The molecule has 0 aromatic carbocycles. The van der Waals surface area contributed by atoms with Crippen LogP contribution in [0.25, 0.3) is 0 Å². The van der Waals surface area contributed by atoms with Gasteiger partial charge in [-0.2, -0.15) is 0 Å². The normalized spacial score (nSPS) is 20.6. The van der Waals surface area contributed by atoms with Crippen molar-refractivity contribution in [1.29, 1.82) is 0 Å². The topological polar surface area (TPSA) is 101 Å². The second kappa shape index (κ2) is 6.31. The third-order valence-electron chi connectivity index (χ3n) is 2.20. The van der Waals surface area contributed by atoms with Crippen molar-refractivity contribution in [1.82, 2.24) is 0 Å². The molecule has 5 heteroatoms. The van der Waals surface area contributed by atoms with Crippen LogP contribution in [0.5, 0.6) is 0 Å². The zero-order chi connectivity index (χ0) is 11.3. The second-order valence-electron chi connectivity index (χ2n) is 3.80. The minimum absolute atomic E-state index is 0.0248. The molecule has 0 aromatic rings. The van der Waals surface area contributed by atoms with Crippen LogP contribution in [0.1, 0.15) is 20.3 Å². The lowest BCUT2D eigenvalue weighted by atomic mass is 9.94. The van der Waals surface area contributed by atoms with E-state index in [1.54, 1.807) is 13.8 Å². The molecule has 0 heterocycles. The van der Waals surface area contributed by atoms with E-state index in [0.717, 1.165) is 0 Å². The van der Waals surface area contributed by atoms with E-state index >= 15 is 0 Å². The molecule has 0 amide bonds. The molecule has 4 atom stereocenters. The standard InChI is InChI=1S/C9H20O5/c1-5(2)7(12)9(14)8(13)6(11)3-4-10/h5-14H,3-4H2,1-2H3/t6-,7-,8-,9?/m0/s1. The summed E-state index contributed by atoms with van der Waals surface area (Å²) in [6, 6.07) is 0. The van der Waals surface area contributed by atoms with Crippen molar-refractivity contribution in [3.8, 4) is 0 Å². The average molecular weight is 208 g/mol. The van der Waals surface area contributed by atoms with Crippen molar-refractivity contribution < 1.29 is 25.5 Å². The molecule has 0 rings (SSSR count). The van der Waals surface area contributed by atoms with Crippen LogP contribution in [0.2, 0.25) is 0 Å². The van der Waals surface area contributed by atoms with E-state index in [1.165, 1.54) is 0 Å². The average Bonchev–Trinajstić information content (AvgIpc) is 2.14. The molecule has 86 valence electrons. The van der Waals surface area contributed by atoms with Gasteiger partial charge in [0.2, 0.25) is 0 Å². The highest BCUT2D eigenvalue weighted by molar-refractivity contribution is 4.82. The van der Waals surface area contributed by atoms with Gasteiger partial charge in [0.05, 0.1) is 12.2 Å². The van der Waals surface area contributed by atoms with E-state index in [-0.39, 0.29) is 18.9 Å². The number of hydrogen-bond acceptors (Lipinski definition) is 5. The van der Waals surface area contributed by atoms with Gasteiger partial charge in [-0.15, -0.1) is 0 Å². The first-order valence-corrected chi connectivity index (χ1v) is 4.75. The molecule has 0 aromatic heterocycles. The summed E-state index contributed by atoms with van der Waals surface area (Å²) in [6.45, 7) is 3.11. The molecule has 0 radical (unpaired) electrons. The van der Waals surface area contributed by atoms with Crippen molar-refractivity contribution >= 4 is 0 Å². The van der Waals surface area contributed by atoms with Crippen molar-refractivity contribution in [2.75, 3.05) is 6.61 Å². The van der Waals surface area contributed by atoms with Crippen molar-refractivity contribution in [2.24, 2.45) is 5.92 Å². The van der Waals surface area contributed by atoms with E-state index in [9.17, 15) is 20.4 Å². The van der Waals surface area contributed by atoms with E-state index in [1.807, 2.05) is 0 Å². The Morgan fingerprint density at radius 3 is 1.71 bits per heavy atom. The molecule has 0 spiro atoms. The monoisotopic (exact) mass is 208 g/mol. The Morgan fingerprint density at radius 1 is 0.857 bits per heavy atom. The summed E-state index contributed by atoms with van der Waals surface area (Å²) >= 11 is 0. The van der Waals surface area contributed by atoms with Gasteiger partial charge >= 0.3 is 0 Å². The maximum Gasteiger partial charge on any atom is 0.108 e. The largest absolute Gasteiger partial charge is 0.396 e. The van der Waals surface area contributed by atoms with E-state index in [4.69, 9.17) is 5.11 Å². The fourth-order valence-corrected chi connectivity index (χ4v) is 1.13. The van der Waals surface area contributed by atoms with Crippen LogP contribution < -0.4 is 0 Å². The molecule has 14 heavy (non-hydrogen) atoms. The van der Waals surface area contributed by atoms with E-state index in [2.05, 4.69) is 0 Å². The van der Waals surface area contributed by atoms with Gasteiger partial charge < -0.3 is 25.5 Å². The molecule has 5 N–H and O–H groups in total. The van der Waals surface area contributed by atoms with E-state index < -0.39 is 24.4 Å². The van der Waals surface area contributed by atoms with Gasteiger partial charge in [-0.25, -0.2) is 0 Å². The van der Waals surface area contributed by atoms with Gasteiger partial charge in [-0.3, -0.25) is 0 Å². The van der Waals surface area contributed by atoms with Gasteiger partial charge in [-0.05, 0) is 12.3 Å². The second-order valence-corrected chi connectivity index (χ2v) is 3.80. The van der Waals surface area contributed by atoms with Crippen molar-refractivity contribution in [3.63, 3.8) is 0 Å². The lowest BCUT2D eigenvalue weighted by molar-refractivity contribution is -0.118. The van der Waals surface area contributed by atoms with Crippen LogP contribution in [0, 0.1) is 5.92 Å². The SMILES string of the molecule is CC(C)[C@H](O)C(O)[C@@H](O)[C@@H](O)CCO. The van der Waals surface area contributed by atoms with Crippen molar-refractivity contribution in [3.05, 3.63) is 0 Å². The number of aliphatic hydroxyl groups is 5. The highest BCUT2D eigenvalue weighted by atomic mass is 16.4. The number of rotatable bonds is 6. The quantitative estimate of drug-likeness (QED) is 0.364. The fourth-order valence-electron chi connectivity index (χ4n) is 1.13. The van der Waals surface area contributed by atoms with Crippen LogP contribution in [0.3, 0.4) is 0 Å². The summed E-state index contributed by atoms with van der Waals surface area (Å²) in [7, 11) is 0.